The molecule has 1 unspecified atom stereocenters. The number of hydrogen-bond acceptors (Lipinski definition) is 6. The Morgan fingerprint density at radius 3 is 2.91 bits per heavy atom. The molecule has 4 rings (SSSR count). The summed E-state index contributed by atoms with van der Waals surface area (Å²) in [6, 6.07) is 8.44. The van der Waals surface area contributed by atoms with E-state index in [1.807, 2.05) is 32.3 Å². The van der Waals surface area contributed by atoms with Crippen molar-refractivity contribution in [2.75, 3.05) is 46.3 Å². The number of benzene rings is 2. The topological polar surface area (TPSA) is 88.7 Å². The summed E-state index contributed by atoms with van der Waals surface area (Å²) >= 11 is 0. The number of carbonyl (C=O) groups is 1. The molecule has 1 aliphatic heterocycles. The quantitative estimate of drug-likeness (QED) is 0.465. The van der Waals surface area contributed by atoms with Crippen molar-refractivity contribution >= 4 is 11.6 Å². The van der Waals surface area contributed by atoms with Crippen LogP contribution in [0.25, 0.3) is 11.1 Å². The van der Waals surface area contributed by atoms with E-state index in [2.05, 4.69) is 20.4 Å². The smallest absolute Gasteiger partial charge is 0.231 e. The van der Waals surface area contributed by atoms with E-state index >= 15 is 0 Å². The molecule has 0 aliphatic carbocycles. The molecule has 0 saturated heterocycles. The minimum atomic E-state index is -0.482. The van der Waals surface area contributed by atoms with Gasteiger partial charge in [0.2, 0.25) is 5.91 Å². The third-order valence-corrected chi connectivity index (χ3v) is 5.71. The molecule has 1 atom stereocenters. The van der Waals surface area contributed by atoms with Crippen LogP contribution in [0, 0.1) is 11.7 Å². The van der Waals surface area contributed by atoms with Crippen molar-refractivity contribution in [1.82, 2.24) is 15.1 Å². The maximum absolute atomic E-state index is 15.0. The predicted molar refractivity (Wildman–Crippen MR) is 127 cm³/mol. The molecular formula is C25H29FN4O4. The van der Waals surface area contributed by atoms with Crippen molar-refractivity contribution in [2.45, 2.75) is 12.8 Å². The van der Waals surface area contributed by atoms with Gasteiger partial charge < -0.3 is 24.4 Å². The summed E-state index contributed by atoms with van der Waals surface area (Å²) in [4.78, 5) is 15.2. The number of anilines is 1. The Balaban J connectivity index is 1.55. The monoisotopic (exact) mass is 468 g/mol. The summed E-state index contributed by atoms with van der Waals surface area (Å²) in [7, 11) is 5.56. The number of nitrogens with one attached hydrogen (secondary N) is 2. The van der Waals surface area contributed by atoms with Crippen LogP contribution in [0.4, 0.5) is 10.1 Å². The SMILES string of the molecule is COc1cccc2c1CC(C(=O)Nc1cc(F)c(-c3cn[nH]c3)cc1OCCCN(C)C)CO2. The minimum Gasteiger partial charge on any atom is -0.496 e. The molecule has 2 N–H and O–H groups in total. The van der Waals surface area contributed by atoms with Gasteiger partial charge in [-0.05, 0) is 45.1 Å². The molecule has 9 heteroatoms. The van der Waals surface area contributed by atoms with Crippen molar-refractivity contribution in [2.24, 2.45) is 5.92 Å². The highest BCUT2D eigenvalue weighted by atomic mass is 19.1. The lowest BCUT2D eigenvalue weighted by molar-refractivity contribution is -0.121. The Labute approximate surface area is 198 Å². The lowest BCUT2D eigenvalue weighted by atomic mass is 9.95. The molecule has 0 radical (unpaired) electrons. The fourth-order valence-corrected chi connectivity index (χ4v) is 3.92. The van der Waals surface area contributed by atoms with E-state index in [0.29, 0.717) is 41.4 Å². The van der Waals surface area contributed by atoms with E-state index in [1.165, 1.54) is 12.3 Å². The normalized spacial score (nSPS) is 14.9. The molecule has 180 valence electrons. The van der Waals surface area contributed by atoms with Crippen LogP contribution < -0.4 is 19.5 Å². The number of nitrogens with zero attached hydrogens (tertiary/aromatic N) is 2. The summed E-state index contributed by atoms with van der Waals surface area (Å²) in [6.45, 7) is 1.49. The zero-order valence-corrected chi connectivity index (χ0v) is 19.6. The van der Waals surface area contributed by atoms with E-state index in [4.69, 9.17) is 14.2 Å². The van der Waals surface area contributed by atoms with E-state index in [1.54, 1.807) is 19.4 Å². The Bertz CT molecular complexity index is 1120. The largest absolute Gasteiger partial charge is 0.496 e. The van der Waals surface area contributed by atoms with Crippen LogP contribution in [0.1, 0.15) is 12.0 Å². The molecule has 0 spiro atoms. The Hall–Kier alpha value is -3.59. The van der Waals surface area contributed by atoms with Crippen molar-refractivity contribution in [3.8, 4) is 28.4 Å². The molecule has 2 aromatic carbocycles. The summed E-state index contributed by atoms with van der Waals surface area (Å²) < 4.78 is 32.2. The van der Waals surface area contributed by atoms with Crippen LogP contribution in [0.3, 0.4) is 0 Å². The Morgan fingerprint density at radius 1 is 1.32 bits per heavy atom. The number of methoxy groups -OCH3 is 1. The fraction of sp³-hybridized carbons (Fsp3) is 0.360. The van der Waals surface area contributed by atoms with Gasteiger partial charge in [0.15, 0.2) is 0 Å². The zero-order chi connectivity index (χ0) is 24.1. The van der Waals surface area contributed by atoms with Gasteiger partial charge >= 0.3 is 0 Å². The van der Waals surface area contributed by atoms with Gasteiger partial charge in [-0.3, -0.25) is 9.89 Å². The predicted octanol–water partition coefficient (Wildman–Crippen LogP) is 3.74. The summed E-state index contributed by atoms with van der Waals surface area (Å²) in [5.41, 5.74) is 2.07. The van der Waals surface area contributed by atoms with Crippen molar-refractivity contribution in [3.63, 3.8) is 0 Å². The third kappa shape index (κ3) is 5.31. The molecule has 2 heterocycles. The van der Waals surface area contributed by atoms with Crippen molar-refractivity contribution in [1.29, 1.82) is 0 Å². The molecule has 0 saturated carbocycles. The summed E-state index contributed by atoms with van der Waals surface area (Å²) in [5, 5.41) is 9.44. The molecule has 1 aromatic heterocycles. The lowest BCUT2D eigenvalue weighted by Crippen LogP contribution is -2.33. The number of H-pyrrole nitrogens is 1. The van der Waals surface area contributed by atoms with Gasteiger partial charge in [0.25, 0.3) is 0 Å². The number of rotatable bonds is 9. The van der Waals surface area contributed by atoms with Gasteiger partial charge in [0.05, 0.1) is 31.5 Å². The van der Waals surface area contributed by atoms with Crippen LogP contribution in [-0.2, 0) is 11.2 Å². The van der Waals surface area contributed by atoms with Gasteiger partial charge in [0, 0.05) is 35.5 Å². The molecule has 34 heavy (non-hydrogen) atoms. The summed E-state index contributed by atoms with van der Waals surface area (Å²) in [6.07, 6.45) is 4.39. The Morgan fingerprint density at radius 2 is 2.18 bits per heavy atom. The van der Waals surface area contributed by atoms with E-state index in [-0.39, 0.29) is 18.2 Å². The van der Waals surface area contributed by atoms with E-state index in [0.717, 1.165) is 18.5 Å². The average Bonchev–Trinajstić information content (AvgIpc) is 3.36. The number of amides is 1. The van der Waals surface area contributed by atoms with E-state index in [9.17, 15) is 9.18 Å². The van der Waals surface area contributed by atoms with Gasteiger partial charge in [-0.2, -0.15) is 5.10 Å². The molecule has 8 nitrogen and oxygen atoms in total. The van der Waals surface area contributed by atoms with Crippen molar-refractivity contribution < 1.29 is 23.4 Å². The number of aromatic nitrogens is 2. The second-order valence-electron chi connectivity index (χ2n) is 8.46. The first-order chi connectivity index (χ1) is 16.5. The van der Waals surface area contributed by atoms with Crippen LogP contribution in [0.2, 0.25) is 0 Å². The molecule has 1 aliphatic rings. The maximum Gasteiger partial charge on any atom is 0.231 e. The average molecular weight is 469 g/mol. The second kappa shape index (κ2) is 10.6. The zero-order valence-electron chi connectivity index (χ0n) is 19.6. The first-order valence-electron chi connectivity index (χ1n) is 11.2. The van der Waals surface area contributed by atoms with Crippen molar-refractivity contribution in [3.05, 3.63) is 54.1 Å². The standard InChI is InChI=1S/C25H29FN4O4/c1-30(2)8-5-9-33-24-11-18(17-13-27-28-14-17)20(26)12-21(24)29-25(31)16-10-19-22(32-3)6-4-7-23(19)34-15-16/h4,6-7,11-14,16H,5,8-10,15H2,1-3H3,(H,27,28)(H,29,31). The number of fused-ring (bicyclic) bond motifs is 1. The molecular weight excluding hydrogens is 439 g/mol. The molecule has 3 aromatic rings. The highest BCUT2D eigenvalue weighted by molar-refractivity contribution is 5.95. The van der Waals surface area contributed by atoms with Gasteiger partial charge in [-0.15, -0.1) is 0 Å². The second-order valence-corrected chi connectivity index (χ2v) is 8.46. The summed E-state index contributed by atoms with van der Waals surface area (Å²) in [5.74, 6) is 0.579. The molecule has 0 fully saturated rings. The lowest BCUT2D eigenvalue weighted by Gasteiger charge is -2.26. The van der Waals surface area contributed by atoms with Crippen LogP contribution in [0.5, 0.6) is 17.2 Å². The highest BCUT2D eigenvalue weighted by Gasteiger charge is 2.29. The molecule has 1 amide bonds. The van der Waals surface area contributed by atoms with Gasteiger partial charge in [-0.25, -0.2) is 4.39 Å². The van der Waals surface area contributed by atoms with Crippen LogP contribution >= 0.6 is 0 Å². The van der Waals surface area contributed by atoms with Gasteiger partial charge in [0.1, 0.15) is 29.7 Å². The van der Waals surface area contributed by atoms with E-state index < -0.39 is 11.7 Å². The molecule has 0 bridgehead atoms. The Kier molecular flexibility index (Phi) is 7.32. The maximum atomic E-state index is 15.0. The van der Waals surface area contributed by atoms with Crippen LogP contribution in [-0.4, -0.2) is 62.0 Å². The number of halogens is 1. The fourth-order valence-electron chi connectivity index (χ4n) is 3.92. The number of aromatic amines is 1. The highest BCUT2D eigenvalue weighted by Crippen LogP contribution is 2.37. The third-order valence-electron chi connectivity index (χ3n) is 5.71. The first-order valence-corrected chi connectivity index (χ1v) is 11.2. The number of carbonyl (C=O) groups excluding carboxylic acids is 1. The number of ether oxygens (including phenoxy) is 3. The van der Waals surface area contributed by atoms with Crippen LogP contribution in [0.15, 0.2) is 42.7 Å². The van der Waals surface area contributed by atoms with Gasteiger partial charge in [-0.1, -0.05) is 6.07 Å². The first kappa shape index (κ1) is 23.6. The number of hydrogen-bond donors (Lipinski definition) is 2. The minimum absolute atomic E-state index is 0.223.